The van der Waals surface area contributed by atoms with E-state index in [2.05, 4.69) is 6.07 Å². The lowest BCUT2D eigenvalue weighted by atomic mass is 10.2. The third-order valence-electron chi connectivity index (χ3n) is 1.71. The topological polar surface area (TPSA) is 27.0 Å². The van der Waals surface area contributed by atoms with Crippen molar-refractivity contribution in [3.05, 3.63) is 35.6 Å². The van der Waals surface area contributed by atoms with Crippen LogP contribution in [0.3, 0.4) is 0 Å². The summed E-state index contributed by atoms with van der Waals surface area (Å²) in [6, 6.07) is 8.35. The number of halogens is 1. The van der Waals surface area contributed by atoms with Gasteiger partial charge in [-0.05, 0) is 24.7 Å². The van der Waals surface area contributed by atoms with Crippen LogP contribution in [0, 0.1) is 17.1 Å². The number of rotatable bonds is 3. The van der Waals surface area contributed by atoms with Gasteiger partial charge in [-0.3, -0.25) is 4.90 Å². The summed E-state index contributed by atoms with van der Waals surface area (Å²) < 4.78 is 12.5. The average molecular weight is 178 g/mol. The molecule has 0 aliphatic carbocycles. The van der Waals surface area contributed by atoms with E-state index in [9.17, 15) is 4.39 Å². The van der Waals surface area contributed by atoms with Crippen LogP contribution in [0.1, 0.15) is 5.56 Å². The predicted molar refractivity (Wildman–Crippen MR) is 48.3 cm³/mol. The number of nitrogens with zero attached hydrogens (tertiary/aromatic N) is 2. The summed E-state index contributed by atoms with van der Waals surface area (Å²) in [6.07, 6.45) is 0. The van der Waals surface area contributed by atoms with Crippen LogP contribution in [0.15, 0.2) is 24.3 Å². The Morgan fingerprint density at radius 2 is 2.00 bits per heavy atom. The third-order valence-corrected chi connectivity index (χ3v) is 1.71. The first-order valence-electron chi connectivity index (χ1n) is 4.02. The van der Waals surface area contributed by atoms with Crippen LogP contribution in [-0.4, -0.2) is 18.5 Å². The summed E-state index contributed by atoms with van der Waals surface area (Å²) in [5, 5.41) is 8.41. The van der Waals surface area contributed by atoms with Crippen molar-refractivity contribution in [2.75, 3.05) is 13.6 Å². The minimum atomic E-state index is -0.230. The quantitative estimate of drug-likeness (QED) is 0.660. The lowest BCUT2D eigenvalue weighted by molar-refractivity contribution is 0.367. The molecule has 13 heavy (non-hydrogen) atoms. The Kier molecular flexibility index (Phi) is 3.41. The molecule has 0 spiro atoms. The molecule has 0 bridgehead atoms. The minimum Gasteiger partial charge on any atom is -0.289 e. The van der Waals surface area contributed by atoms with Crippen molar-refractivity contribution in [2.45, 2.75) is 6.54 Å². The standard InChI is InChI=1S/C10H11FN2/c1-13(7-6-12)8-9-2-4-10(11)5-3-9/h2-5H,7-8H2,1H3. The molecular weight excluding hydrogens is 167 g/mol. The van der Waals surface area contributed by atoms with Crippen LogP contribution < -0.4 is 0 Å². The number of hydrogen-bond donors (Lipinski definition) is 0. The van der Waals surface area contributed by atoms with Gasteiger partial charge in [-0.1, -0.05) is 12.1 Å². The van der Waals surface area contributed by atoms with Gasteiger partial charge in [-0.25, -0.2) is 4.39 Å². The van der Waals surface area contributed by atoms with Crippen LogP contribution in [0.4, 0.5) is 4.39 Å². The van der Waals surface area contributed by atoms with Gasteiger partial charge in [0.25, 0.3) is 0 Å². The SMILES string of the molecule is CN(CC#N)Cc1ccc(F)cc1. The fourth-order valence-electron chi connectivity index (χ4n) is 1.08. The first kappa shape index (κ1) is 9.69. The van der Waals surface area contributed by atoms with Crippen molar-refractivity contribution in [1.82, 2.24) is 4.90 Å². The largest absolute Gasteiger partial charge is 0.289 e. The van der Waals surface area contributed by atoms with Crippen LogP contribution >= 0.6 is 0 Å². The van der Waals surface area contributed by atoms with E-state index in [-0.39, 0.29) is 5.82 Å². The molecule has 0 aromatic heterocycles. The molecule has 1 aromatic carbocycles. The molecule has 0 N–H and O–H groups in total. The van der Waals surface area contributed by atoms with Gasteiger partial charge >= 0.3 is 0 Å². The Balaban J connectivity index is 2.55. The first-order valence-corrected chi connectivity index (χ1v) is 4.02. The van der Waals surface area contributed by atoms with Crippen LogP contribution in [0.25, 0.3) is 0 Å². The lowest BCUT2D eigenvalue weighted by Gasteiger charge is -2.11. The van der Waals surface area contributed by atoms with Crippen molar-refractivity contribution >= 4 is 0 Å². The Morgan fingerprint density at radius 3 is 2.54 bits per heavy atom. The molecule has 0 atom stereocenters. The molecule has 0 fully saturated rings. The maximum Gasteiger partial charge on any atom is 0.123 e. The molecule has 0 aliphatic rings. The zero-order chi connectivity index (χ0) is 9.68. The summed E-state index contributed by atoms with van der Waals surface area (Å²) in [4.78, 5) is 1.87. The van der Waals surface area contributed by atoms with E-state index in [4.69, 9.17) is 5.26 Å². The monoisotopic (exact) mass is 178 g/mol. The number of benzene rings is 1. The molecule has 2 nitrogen and oxygen atoms in total. The van der Waals surface area contributed by atoms with E-state index in [1.54, 1.807) is 12.1 Å². The molecule has 3 heteroatoms. The molecule has 1 rings (SSSR count). The van der Waals surface area contributed by atoms with Crippen molar-refractivity contribution in [2.24, 2.45) is 0 Å². The van der Waals surface area contributed by atoms with Crippen molar-refractivity contribution in [3.63, 3.8) is 0 Å². The molecule has 0 saturated heterocycles. The second-order valence-corrected chi connectivity index (χ2v) is 2.96. The number of hydrogen-bond acceptors (Lipinski definition) is 2. The highest BCUT2D eigenvalue weighted by Crippen LogP contribution is 2.04. The molecular formula is C10H11FN2. The molecule has 0 heterocycles. The van der Waals surface area contributed by atoms with Gasteiger partial charge in [-0.2, -0.15) is 5.26 Å². The normalized spacial score (nSPS) is 10.0. The van der Waals surface area contributed by atoms with E-state index in [1.807, 2.05) is 11.9 Å². The van der Waals surface area contributed by atoms with Gasteiger partial charge in [0.05, 0.1) is 12.6 Å². The second kappa shape index (κ2) is 4.58. The highest BCUT2D eigenvalue weighted by Gasteiger charge is 1.98. The fraction of sp³-hybridized carbons (Fsp3) is 0.300. The molecule has 0 saturated carbocycles. The van der Waals surface area contributed by atoms with Gasteiger partial charge in [0.2, 0.25) is 0 Å². The van der Waals surface area contributed by atoms with Crippen molar-refractivity contribution < 1.29 is 4.39 Å². The number of nitriles is 1. The summed E-state index contributed by atoms with van der Waals surface area (Å²) in [6.45, 7) is 1.06. The van der Waals surface area contributed by atoms with E-state index in [1.165, 1.54) is 12.1 Å². The molecule has 68 valence electrons. The van der Waals surface area contributed by atoms with E-state index < -0.39 is 0 Å². The zero-order valence-corrected chi connectivity index (χ0v) is 7.50. The molecule has 0 aliphatic heterocycles. The second-order valence-electron chi connectivity index (χ2n) is 2.96. The maximum absolute atomic E-state index is 12.5. The Morgan fingerprint density at radius 1 is 1.38 bits per heavy atom. The van der Waals surface area contributed by atoms with Gasteiger partial charge in [0.1, 0.15) is 5.82 Å². The minimum absolute atomic E-state index is 0.230. The zero-order valence-electron chi connectivity index (χ0n) is 7.50. The van der Waals surface area contributed by atoms with Crippen molar-refractivity contribution in [3.8, 4) is 6.07 Å². The Labute approximate surface area is 77.2 Å². The third kappa shape index (κ3) is 3.22. The van der Waals surface area contributed by atoms with Gasteiger partial charge in [-0.15, -0.1) is 0 Å². The fourth-order valence-corrected chi connectivity index (χ4v) is 1.08. The molecule has 0 amide bonds. The first-order chi connectivity index (χ1) is 6.22. The van der Waals surface area contributed by atoms with Crippen molar-refractivity contribution in [1.29, 1.82) is 5.26 Å². The summed E-state index contributed by atoms with van der Waals surface area (Å²) in [5.41, 5.74) is 1.01. The van der Waals surface area contributed by atoms with Crippen LogP contribution in [0.2, 0.25) is 0 Å². The van der Waals surface area contributed by atoms with Gasteiger partial charge < -0.3 is 0 Å². The highest BCUT2D eigenvalue weighted by molar-refractivity contribution is 5.15. The molecule has 0 unspecified atom stereocenters. The van der Waals surface area contributed by atoms with E-state index in [0.717, 1.165) is 5.56 Å². The van der Waals surface area contributed by atoms with Gasteiger partial charge in [0.15, 0.2) is 0 Å². The Bertz CT molecular complexity index is 300. The van der Waals surface area contributed by atoms with Crippen LogP contribution in [0.5, 0.6) is 0 Å². The Hall–Kier alpha value is -1.40. The molecule has 0 radical (unpaired) electrons. The van der Waals surface area contributed by atoms with E-state index in [0.29, 0.717) is 13.1 Å². The van der Waals surface area contributed by atoms with E-state index >= 15 is 0 Å². The summed E-state index contributed by atoms with van der Waals surface area (Å²) >= 11 is 0. The molecule has 1 aromatic rings. The summed E-state index contributed by atoms with van der Waals surface area (Å²) in [7, 11) is 1.85. The smallest absolute Gasteiger partial charge is 0.123 e. The lowest BCUT2D eigenvalue weighted by Crippen LogP contribution is -2.17. The predicted octanol–water partition coefficient (Wildman–Crippen LogP) is 1.78. The van der Waals surface area contributed by atoms with Crippen LogP contribution in [-0.2, 0) is 6.54 Å². The average Bonchev–Trinajstić information content (AvgIpc) is 2.09. The maximum atomic E-state index is 12.5. The summed E-state index contributed by atoms with van der Waals surface area (Å²) in [5.74, 6) is -0.230. The van der Waals surface area contributed by atoms with Gasteiger partial charge in [0, 0.05) is 6.54 Å². The highest BCUT2D eigenvalue weighted by atomic mass is 19.1.